The molecule has 0 spiro atoms. The smallest absolute Gasteiger partial charge is 0.257 e. The van der Waals surface area contributed by atoms with Gasteiger partial charge in [-0.1, -0.05) is 12.1 Å². The lowest BCUT2D eigenvalue weighted by Gasteiger charge is -2.57. The van der Waals surface area contributed by atoms with Crippen LogP contribution in [0.15, 0.2) is 53.4 Å². The monoisotopic (exact) mass is 539 g/mol. The molecular formula is C28H30FN3O5S. The number of rotatable bonds is 6. The number of hydrogen-bond acceptors (Lipinski definition) is 5. The molecular weight excluding hydrogens is 509 g/mol. The van der Waals surface area contributed by atoms with E-state index in [-0.39, 0.29) is 29.5 Å². The van der Waals surface area contributed by atoms with Gasteiger partial charge in [0.1, 0.15) is 11.9 Å². The van der Waals surface area contributed by atoms with Crippen LogP contribution in [0.25, 0.3) is 0 Å². The molecule has 5 aliphatic rings. The minimum Gasteiger partial charge on any atom is -0.325 e. The summed E-state index contributed by atoms with van der Waals surface area (Å²) in [7, 11) is -3.93. The summed E-state index contributed by atoms with van der Waals surface area (Å²) in [5, 5.41) is 5.17. The third-order valence-electron chi connectivity index (χ3n) is 8.94. The first-order chi connectivity index (χ1) is 18.0. The highest BCUT2D eigenvalue weighted by molar-refractivity contribution is 7.89. The molecule has 4 saturated carbocycles. The summed E-state index contributed by atoms with van der Waals surface area (Å²) >= 11 is 0. The van der Waals surface area contributed by atoms with Crippen LogP contribution in [-0.2, 0) is 31.0 Å². The van der Waals surface area contributed by atoms with Gasteiger partial charge in [-0.05, 0) is 98.2 Å². The largest absolute Gasteiger partial charge is 0.325 e. The van der Waals surface area contributed by atoms with E-state index in [0.717, 1.165) is 43.4 Å². The first-order valence-electron chi connectivity index (χ1n) is 13.1. The number of primary sulfonamides is 1. The number of carbonyl (C=O) groups is 3. The molecule has 7 rings (SSSR count). The Hall–Kier alpha value is -3.11. The predicted molar refractivity (Wildman–Crippen MR) is 136 cm³/mol. The summed E-state index contributed by atoms with van der Waals surface area (Å²) in [6.07, 6.45) is 5.74. The molecule has 38 heavy (non-hydrogen) atoms. The minimum absolute atomic E-state index is 0.0847. The zero-order valence-corrected chi connectivity index (χ0v) is 21.7. The van der Waals surface area contributed by atoms with Crippen molar-refractivity contribution in [1.29, 1.82) is 0 Å². The third kappa shape index (κ3) is 4.33. The van der Waals surface area contributed by atoms with Crippen LogP contribution < -0.4 is 10.0 Å². The van der Waals surface area contributed by atoms with E-state index >= 15 is 0 Å². The standard InChI is InChI=1S/C28H30FN3O5S/c29-21-3-1-17(2-4-21)16-31(27(35)28-13-18-9-19(14-28)11-20(10-18)15-28)24-12-25(33)32(26(24)34)22-5-7-23(8-6-22)38(30,36)37/h1-8,18-20,24H,9-16H2,(H2,30,36,37). The van der Waals surface area contributed by atoms with Crippen LogP contribution in [0.5, 0.6) is 0 Å². The number of carbonyl (C=O) groups excluding carboxylic acids is 3. The van der Waals surface area contributed by atoms with Crippen molar-refractivity contribution in [3.63, 3.8) is 0 Å². The van der Waals surface area contributed by atoms with Gasteiger partial charge in [0.15, 0.2) is 0 Å². The van der Waals surface area contributed by atoms with Gasteiger partial charge in [-0.3, -0.25) is 14.4 Å². The van der Waals surface area contributed by atoms with Crippen LogP contribution in [-0.4, -0.2) is 37.1 Å². The van der Waals surface area contributed by atoms with Crippen molar-refractivity contribution in [2.24, 2.45) is 28.3 Å². The van der Waals surface area contributed by atoms with E-state index < -0.39 is 39.1 Å². The molecule has 8 nitrogen and oxygen atoms in total. The van der Waals surface area contributed by atoms with Crippen LogP contribution in [0.1, 0.15) is 50.5 Å². The van der Waals surface area contributed by atoms with Crippen molar-refractivity contribution in [3.05, 3.63) is 59.9 Å². The van der Waals surface area contributed by atoms with Gasteiger partial charge in [0.05, 0.1) is 22.4 Å². The second-order valence-electron chi connectivity index (χ2n) is 11.6. The fourth-order valence-corrected chi connectivity index (χ4v) is 8.22. The van der Waals surface area contributed by atoms with Gasteiger partial charge < -0.3 is 4.90 Å². The molecule has 2 aromatic rings. The number of sulfonamides is 1. The quantitative estimate of drug-likeness (QED) is 0.565. The first kappa shape index (κ1) is 25.2. The Labute approximate surface area is 221 Å². The van der Waals surface area contributed by atoms with Crippen LogP contribution in [0.4, 0.5) is 10.1 Å². The van der Waals surface area contributed by atoms with Gasteiger partial charge in [-0.2, -0.15) is 0 Å². The Kier molecular flexibility index (Phi) is 5.95. The topological polar surface area (TPSA) is 118 Å². The van der Waals surface area contributed by atoms with E-state index in [0.29, 0.717) is 23.3 Å². The summed E-state index contributed by atoms with van der Waals surface area (Å²) in [6, 6.07) is 10.1. The molecule has 1 aliphatic heterocycles. The highest BCUT2D eigenvalue weighted by Gasteiger charge is 2.57. The Morgan fingerprint density at radius 1 is 0.947 bits per heavy atom. The molecule has 1 heterocycles. The molecule has 1 atom stereocenters. The van der Waals surface area contributed by atoms with Crippen molar-refractivity contribution in [1.82, 2.24) is 4.90 Å². The van der Waals surface area contributed by atoms with Gasteiger partial charge in [0.2, 0.25) is 21.8 Å². The molecule has 10 heteroatoms. The third-order valence-corrected chi connectivity index (χ3v) is 9.87. The lowest BCUT2D eigenvalue weighted by molar-refractivity contribution is -0.162. The van der Waals surface area contributed by atoms with Gasteiger partial charge >= 0.3 is 0 Å². The highest BCUT2D eigenvalue weighted by Crippen LogP contribution is 2.60. The zero-order valence-electron chi connectivity index (χ0n) is 20.9. The molecule has 4 aliphatic carbocycles. The number of imide groups is 1. The van der Waals surface area contributed by atoms with Gasteiger partial charge in [0, 0.05) is 6.54 Å². The van der Waals surface area contributed by atoms with Crippen LogP contribution >= 0.6 is 0 Å². The van der Waals surface area contributed by atoms with Crippen molar-refractivity contribution in [3.8, 4) is 0 Å². The normalized spacial score (nSPS) is 30.2. The molecule has 2 aromatic carbocycles. The molecule has 4 bridgehead atoms. The van der Waals surface area contributed by atoms with Crippen molar-refractivity contribution in [2.45, 2.75) is 62.4 Å². The number of hydrogen-bond donors (Lipinski definition) is 1. The number of benzene rings is 2. The first-order valence-corrected chi connectivity index (χ1v) is 14.6. The van der Waals surface area contributed by atoms with E-state index in [9.17, 15) is 27.2 Å². The second-order valence-corrected chi connectivity index (χ2v) is 13.1. The Morgan fingerprint density at radius 2 is 1.50 bits per heavy atom. The van der Waals surface area contributed by atoms with Crippen LogP contribution in [0, 0.1) is 29.0 Å². The van der Waals surface area contributed by atoms with Crippen LogP contribution in [0.2, 0.25) is 0 Å². The Balaban J connectivity index is 1.33. The molecule has 0 aromatic heterocycles. The lowest BCUT2D eigenvalue weighted by Crippen LogP contribution is -2.57. The summed E-state index contributed by atoms with van der Waals surface area (Å²) in [4.78, 5) is 43.7. The molecule has 3 amide bonds. The van der Waals surface area contributed by atoms with E-state index in [1.165, 1.54) is 36.4 Å². The summed E-state index contributed by atoms with van der Waals surface area (Å²) < 4.78 is 36.9. The van der Waals surface area contributed by atoms with Crippen molar-refractivity contribution in [2.75, 3.05) is 4.90 Å². The molecule has 1 unspecified atom stereocenters. The summed E-state index contributed by atoms with van der Waals surface area (Å²) in [5.74, 6) is 0.0876. The molecule has 5 fully saturated rings. The number of anilines is 1. The minimum atomic E-state index is -3.93. The fourth-order valence-electron chi connectivity index (χ4n) is 7.70. The van der Waals surface area contributed by atoms with Gasteiger partial charge in [0.25, 0.3) is 5.91 Å². The number of halogens is 1. The Bertz CT molecular complexity index is 1370. The number of nitrogens with zero attached hydrogens (tertiary/aromatic N) is 2. The summed E-state index contributed by atoms with van der Waals surface area (Å²) in [6.45, 7) is 0.0999. The van der Waals surface area contributed by atoms with Gasteiger partial charge in [-0.15, -0.1) is 0 Å². The lowest BCUT2D eigenvalue weighted by atomic mass is 9.49. The molecule has 0 radical (unpaired) electrons. The number of amides is 3. The highest BCUT2D eigenvalue weighted by atomic mass is 32.2. The summed E-state index contributed by atoms with van der Waals surface area (Å²) in [5.41, 5.74) is 0.377. The molecule has 2 N–H and O–H groups in total. The van der Waals surface area contributed by atoms with E-state index in [2.05, 4.69) is 0 Å². The predicted octanol–water partition coefficient (Wildman–Crippen LogP) is 3.35. The second kappa shape index (κ2) is 8.98. The SMILES string of the molecule is NS(=O)(=O)c1ccc(N2C(=O)CC(N(Cc3ccc(F)cc3)C(=O)C34CC5CC(CC(C5)C3)C4)C2=O)cc1. The maximum atomic E-state index is 14.4. The number of nitrogens with two attached hydrogens (primary N) is 1. The van der Waals surface area contributed by atoms with Crippen molar-refractivity contribution >= 4 is 33.4 Å². The fraction of sp³-hybridized carbons (Fsp3) is 0.464. The van der Waals surface area contributed by atoms with E-state index in [1.807, 2.05) is 0 Å². The average molecular weight is 540 g/mol. The molecule has 1 saturated heterocycles. The maximum absolute atomic E-state index is 14.4. The van der Waals surface area contributed by atoms with Gasteiger partial charge in [-0.25, -0.2) is 22.8 Å². The zero-order chi connectivity index (χ0) is 26.8. The van der Waals surface area contributed by atoms with E-state index in [1.54, 1.807) is 17.0 Å². The Morgan fingerprint density at radius 3 is 2.03 bits per heavy atom. The maximum Gasteiger partial charge on any atom is 0.257 e. The average Bonchev–Trinajstić information content (AvgIpc) is 3.15. The molecule has 200 valence electrons. The van der Waals surface area contributed by atoms with Crippen molar-refractivity contribution < 1.29 is 27.2 Å². The van der Waals surface area contributed by atoms with Crippen LogP contribution in [0.3, 0.4) is 0 Å². The van der Waals surface area contributed by atoms with E-state index in [4.69, 9.17) is 5.14 Å².